The molecule has 1 nitrogen and oxygen atoms in total. The van der Waals surface area contributed by atoms with Crippen molar-refractivity contribution in [2.75, 3.05) is 11.5 Å². The van der Waals surface area contributed by atoms with Crippen LogP contribution in [0.3, 0.4) is 0 Å². The van der Waals surface area contributed by atoms with E-state index in [2.05, 4.69) is 44.8 Å². The van der Waals surface area contributed by atoms with Crippen molar-refractivity contribution in [3.8, 4) is 0 Å². The normalized spacial score (nSPS) is 25.8. The fourth-order valence-corrected chi connectivity index (χ4v) is 4.10. The van der Waals surface area contributed by atoms with Gasteiger partial charge in [-0.1, -0.05) is 47.0 Å². The number of unbranched alkanes of at least 4 members (excludes halogenated alkanes) is 1. The topological polar surface area (TPSA) is 12.0 Å². The van der Waals surface area contributed by atoms with E-state index in [1.165, 1.54) is 50.0 Å². The molecule has 1 heterocycles. The van der Waals surface area contributed by atoms with E-state index in [0.29, 0.717) is 5.41 Å². The summed E-state index contributed by atoms with van der Waals surface area (Å²) in [6.45, 7) is 9.42. The van der Waals surface area contributed by atoms with Crippen LogP contribution in [0.5, 0.6) is 0 Å². The maximum absolute atomic E-state index is 3.93. The number of thioether (sulfide) groups is 1. The van der Waals surface area contributed by atoms with E-state index in [9.17, 15) is 0 Å². The maximum atomic E-state index is 3.93. The van der Waals surface area contributed by atoms with Crippen molar-refractivity contribution in [1.29, 1.82) is 0 Å². The third kappa shape index (κ3) is 6.15. The molecule has 0 bridgehead atoms. The van der Waals surface area contributed by atoms with E-state index in [1.54, 1.807) is 0 Å². The van der Waals surface area contributed by atoms with Gasteiger partial charge in [0.2, 0.25) is 0 Å². The monoisotopic (exact) mass is 257 g/mol. The number of hydrogen-bond acceptors (Lipinski definition) is 2. The van der Waals surface area contributed by atoms with Gasteiger partial charge in [-0.25, -0.2) is 0 Å². The lowest BCUT2D eigenvalue weighted by molar-refractivity contribution is 0.288. The van der Waals surface area contributed by atoms with E-state index >= 15 is 0 Å². The Labute approximate surface area is 113 Å². The van der Waals surface area contributed by atoms with Crippen LogP contribution in [0.2, 0.25) is 0 Å². The second kappa shape index (κ2) is 7.68. The smallest absolute Gasteiger partial charge is 0.0166 e. The van der Waals surface area contributed by atoms with Gasteiger partial charge in [-0.3, -0.25) is 0 Å². The van der Waals surface area contributed by atoms with Gasteiger partial charge in [0, 0.05) is 17.8 Å². The van der Waals surface area contributed by atoms with Crippen LogP contribution in [-0.4, -0.2) is 23.6 Å². The van der Waals surface area contributed by atoms with E-state index in [1.807, 2.05) is 0 Å². The predicted octanol–water partition coefficient (Wildman–Crippen LogP) is 4.47. The Morgan fingerprint density at radius 2 is 2.00 bits per heavy atom. The maximum Gasteiger partial charge on any atom is 0.0166 e. The zero-order chi connectivity index (χ0) is 12.7. The van der Waals surface area contributed by atoms with Crippen LogP contribution in [-0.2, 0) is 0 Å². The highest BCUT2D eigenvalue weighted by Gasteiger charge is 2.29. The quantitative estimate of drug-likeness (QED) is 0.722. The first-order valence-electron chi connectivity index (χ1n) is 7.41. The van der Waals surface area contributed by atoms with Crippen molar-refractivity contribution >= 4 is 11.8 Å². The van der Waals surface area contributed by atoms with Crippen molar-refractivity contribution in [2.24, 2.45) is 5.41 Å². The Bertz CT molecular complexity index is 203. The first kappa shape index (κ1) is 15.4. The molecule has 0 spiro atoms. The average molecular weight is 257 g/mol. The molecule has 1 aliphatic rings. The SMILES string of the molecule is CCCCC(CCC)NC1CSCC(C)(C)C1. The van der Waals surface area contributed by atoms with Gasteiger partial charge in [-0.05, 0) is 30.4 Å². The van der Waals surface area contributed by atoms with Crippen LogP contribution in [0.1, 0.15) is 66.2 Å². The summed E-state index contributed by atoms with van der Waals surface area (Å²) < 4.78 is 0. The summed E-state index contributed by atoms with van der Waals surface area (Å²) in [4.78, 5) is 0. The number of hydrogen-bond donors (Lipinski definition) is 1. The van der Waals surface area contributed by atoms with Gasteiger partial charge < -0.3 is 5.32 Å². The summed E-state index contributed by atoms with van der Waals surface area (Å²) in [7, 11) is 0. The standard InChI is InChI=1S/C15H31NS/c1-5-7-9-13(8-6-2)16-14-10-15(3,4)12-17-11-14/h13-14,16H,5-12H2,1-4H3. The molecule has 0 radical (unpaired) electrons. The van der Waals surface area contributed by atoms with Crippen LogP contribution >= 0.6 is 11.8 Å². The van der Waals surface area contributed by atoms with Crippen LogP contribution in [0.25, 0.3) is 0 Å². The molecule has 1 saturated heterocycles. The van der Waals surface area contributed by atoms with Gasteiger partial charge in [0.15, 0.2) is 0 Å². The first-order chi connectivity index (χ1) is 8.07. The van der Waals surface area contributed by atoms with Crippen LogP contribution in [0, 0.1) is 5.41 Å². The minimum atomic E-state index is 0.530. The fourth-order valence-electron chi connectivity index (χ4n) is 2.81. The van der Waals surface area contributed by atoms with Gasteiger partial charge >= 0.3 is 0 Å². The largest absolute Gasteiger partial charge is 0.310 e. The summed E-state index contributed by atoms with van der Waals surface area (Å²) in [6, 6.07) is 1.51. The summed E-state index contributed by atoms with van der Waals surface area (Å²) in [5, 5.41) is 3.93. The highest BCUT2D eigenvalue weighted by Crippen LogP contribution is 2.33. The molecular weight excluding hydrogens is 226 g/mol. The third-order valence-corrected chi connectivity index (χ3v) is 5.25. The Balaban J connectivity index is 2.37. The third-order valence-electron chi connectivity index (χ3n) is 3.63. The van der Waals surface area contributed by atoms with E-state index in [4.69, 9.17) is 0 Å². The van der Waals surface area contributed by atoms with Crippen molar-refractivity contribution in [3.63, 3.8) is 0 Å². The molecule has 0 saturated carbocycles. The van der Waals surface area contributed by atoms with Gasteiger partial charge in [-0.2, -0.15) is 11.8 Å². The van der Waals surface area contributed by atoms with Crippen LogP contribution in [0.15, 0.2) is 0 Å². The van der Waals surface area contributed by atoms with E-state index in [-0.39, 0.29) is 0 Å². The Morgan fingerprint density at radius 1 is 1.24 bits per heavy atom. The molecule has 0 aromatic rings. The zero-order valence-corrected chi connectivity index (χ0v) is 13.0. The molecule has 17 heavy (non-hydrogen) atoms. The lowest BCUT2D eigenvalue weighted by Crippen LogP contribution is -2.45. The molecule has 2 heteroatoms. The summed E-state index contributed by atoms with van der Waals surface area (Å²) in [5.74, 6) is 2.65. The molecule has 0 aromatic carbocycles. The van der Waals surface area contributed by atoms with Crippen molar-refractivity contribution in [3.05, 3.63) is 0 Å². The number of rotatable bonds is 7. The molecule has 1 N–H and O–H groups in total. The molecular formula is C15H31NS. The average Bonchev–Trinajstić information content (AvgIpc) is 2.25. The van der Waals surface area contributed by atoms with Gasteiger partial charge in [0.1, 0.15) is 0 Å². The second-order valence-corrected chi connectivity index (χ2v) is 7.41. The fraction of sp³-hybridized carbons (Fsp3) is 1.00. The molecule has 2 atom stereocenters. The number of nitrogens with one attached hydrogen (secondary N) is 1. The Morgan fingerprint density at radius 3 is 2.59 bits per heavy atom. The van der Waals surface area contributed by atoms with E-state index in [0.717, 1.165) is 12.1 Å². The molecule has 102 valence electrons. The highest BCUT2D eigenvalue weighted by molar-refractivity contribution is 7.99. The molecule has 0 aromatic heterocycles. The molecule has 0 aliphatic carbocycles. The molecule has 1 rings (SSSR count). The summed E-state index contributed by atoms with van der Waals surface area (Å²) >= 11 is 2.13. The van der Waals surface area contributed by atoms with Crippen LogP contribution < -0.4 is 5.32 Å². The molecule has 1 aliphatic heterocycles. The zero-order valence-electron chi connectivity index (χ0n) is 12.2. The summed E-state index contributed by atoms with van der Waals surface area (Å²) in [6.07, 6.45) is 8.08. The van der Waals surface area contributed by atoms with Gasteiger partial charge in [-0.15, -0.1) is 0 Å². The summed E-state index contributed by atoms with van der Waals surface area (Å²) in [5.41, 5.74) is 0.530. The Kier molecular flexibility index (Phi) is 6.94. The Hall–Kier alpha value is 0.310. The van der Waals surface area contributed by atoms with Gasteiger partial charge in [0.05, 0.1) is 0 Å². The predicted molar refractivity (Wildman–Crippen MR) is 80.9 cm³/mol. The van der Waals surface area contributed by atoms with Crippen LogP contribution in [0.4, 0.5) is 0 Å². The lowest BCUT2D eigenvalue weighted by Gasteiger charge is -2.37. The van der Waals surface area contributed by atoms with E-state index < -0.39 is 0 Å². The second-order valence-electron chi connectivity index (χ2n) is 6.37. The lowest BCUT2D eigenvalue weighted by atomic mass is 9.87. The molecule has 0 amide bonds. The highest BCUT2D eigenvalue weighted by atomic mass is 32.2. The van der Waals surface area contributed by atoms with Crippen molar-refractivity contribution < 1.29 is 0 Å². The molecule has 2 unspecified atom stereocenters. The minimum Gasteiger partial charge on any atom is -0.310 e. The molecule has 1 fully saturated rings. The van der Waals surface area contributed by atoms with Crippen molar-refractivity contribution in [1.82, 2.24) is 5.32 Å². The van der Waals surface area contributed by atoms with Crippen molar-refractivity contribution in [2.45, 2.75) is 78.3 Å². The minimum absolute atomic E-state index is 0.530. The first-order valence-corrected chi connectivity index (χ1v) is 8.56. The van der Waals surface area contributed by atoms with Gasteiger partial charge in [0.25, 0.3) is 0 Å².